The number of hydrogen-bond acceptors (Lipinski definition) is 6. The quantitative estimate of drug-likeness (QED) is 0.176. The molecule has 0 bridgehead atoms. The van der Waals surface area contributed by atoms with Gasteiger partial charge in [-0.1, -0.05) is 29.7 Å². The summed E-state index contributed by atoms with van der Waals surface area (Å²) >= 11 is 0. The van der Waals surface area contributed by atoms with Gasteiger partial charge in [0, 0.05) is 23.7 Å². The van der Waals surface area contributed by atoms with Gasteiger partial charge in [0.05, 0.1) is 28.8 Å². The summed E-state index contributed by atoms with van der Waals surface area (Å²) in [6.45, 7) is 7.18. The zero-order chi connectivity index (χ0) is 26.9. The Bertz CT molecular complexity index is 1550. The lowest BCUT2D eigenvalue weighted by Gasteiger charge is -2.12. The van der Waals surface area contributed by atoms with E-state index in [2.05, 4.69) is 14.9 Å². The monoisotopic (exact) mass is 527 g/mol. The van der Waals surface area contributed by atoms with Gasteiger partial charge in [-0.05, 0) is 57.0 Å². The van der Waals surface area contributed by atoms with Crippen LogP contribution in [-0.4, -0.2) is 21.5 Å². The van der Waals surface area contributed by atoms with Crippen LogP contribution < -0.4 is 9.47 Å². The van der Waals surface area contributed by atoms with Gasteiger partial charge in [0.1, 0.15) is 23.9 Å². The minimum absolute atomic E-state index is 0.0421. The lowest BCUT2D eigenvalue weighted by atomic mass is 10.0. The third-order valence-electron chi connectivity index (χ3n) is 6.60. The van der Waals surface area contributed by atoms with Gasteiger partial charge in [-0.2, -0.15) is 13.2 Å². The Morgan fingerprint density at radius 3 is 2.50 bits per heavy atom. The maximum atomic E-state index is 13.3. The van der Waals surface area contributed by atoms with Crippen molar-refractivity contribution in [2.45, 2.75) is 59.4 Å². The molecule has 5 aromatic rings. The second kappa shape index (κ2) is 10.4. The van der Waals surface area contributed by atoms with Gasteiger partial charge in [-0.25, -0.2) is 0 Å². The average molecular weight is 528 g/mol. The van der Waals surface area contributed by atoms with E-state index in [1.807, 2.05) is 51.2 Å². The summed E-state index contributed by atoms with van der Waals surface area (Å²) in [6, 6.07) is 10.9. The first-order chi connectivity index (χ1) is 18.3. The van der Waals surface area contributed by atoms with Crippen LogP contribution in [0.3, 0.4) is 0 Å². The van der Waals surface area contributed by atoms with E-state index in [1.54, 1.807) is 6.07 Å². The van der Waals surface area contributed by atoms with Crippen molar-refractivity contribution in [3.8, 4) is 11.5 Å². The molecule has 0 fully saturated rings. The molecule has 10 heteroatoms. The Kier molecular flexibility index (Phi) is 7.05. The number of ether oxygens (including phenoxy) is 2. The lowest BCUT2D eigenvalue weighted by Crippen LogP contribution is -2.06. The molecular weight excluding hydrogens is 499 g/mol. The maximum absolute atomic E-state index is 13.3. The molecule has 0 saturated heterocycles. The van der Waals surface area contributed by atoms with Crippen LogP contribution in [0.4, 0.5) is 13.2 Å². The number of alkyl halides is 3. The van der Waals surface area contributed by atoms with Crippen LogP contribution in [0.15, 0.2) is 51.6 Å². The Labute approximate surface area is 217 Å². The van der Waals surface area contributed by atoms with Gasteiger partial charge in [-0.15, -0.1) is 0 Å². The summed E-state index contributed by atoms with van der Waals surface area (Å²) < 4.78 is 64.3. The summed E-state index contributed by atoms with van der Waals surface area (Å²) in [5.74, 6) is 2.05. The summed E-state index contributed by atoms with van der Waals surface area (Å²) in [5.41, 5.74) is 2.54. The molecular formula is C28H28F3N3O4. The molecule has 0 unspecified atom stereocenters. The average Bonchev–Trinajstić information content (AvgIpc) is 3.59. The van der Waals surface area contributed by atoms with Crippen LogP contribution >= 0.6 is 0 Å². The fraction of sp³-hybridized carbons (Fsp3) is 0.357. The van der Waals surface area contributed by atoms with Gasteiger partial charge in [0.25, 0.3) is 0 Å². The minimum Gasteiger partial charge on any atom is -0.493 e. The van der Waals surface area contributed by atoms with Gasteiger partial charge in [0.15, 0.2) is 11.3 Å². The van der Waals surface area contributed by atoms with E-state index in [0.717, 1.165) is 40.1 Å². The molecule has 2 aromatic carbocycles. The SMILES string of the molecule is CCCc1c(OCCCn2ccc3c(OCc4c(C)noc4C)cccc32)ccc2c(C(F)(F)F)noc12. The molecule has 38 heavy (non-hydrogen) atoms. The summed E-state index contributed by atoms with van der Waals surface area (Å²) in [7, 11) is 0. The van der Waals surface area contributed by atoms with Crippen molar-refractivity contribution in [3.05, 3.63) is 70.9 Å². The zero-order valence-electron chi connectivity index (χ0n) is 21.4. The predicted molar refractivity (Wildman–Crippen MR) is 135 cm³/mol. The molecule has 3 heterocycles. The summed E-state index contributed by atoms with van der Waals surface area (Å²) in [5, 5.41) is 8.21. The van der Waals surface area contributed by atoms with E-state index < -0.39 is 11.9 Å². The van der Waals surface area contributed by atoms with Gasteiger partial charge in [0.2, 0.25) is 0 Å². The Balaban J connectivity index is 1.25. The normalized spacial score (nSPS) is 12.1. The number of aromatic nitrogens is 3. The van der Waals surface area contributed by atoms with E-state index in [1.165, 1.54) is 6.07 Å². The highest BCUT2D eigenvalue weighted by Gasteiger charge is 2.37. The van der Waals surface area contributed by atoms with Crippen LogP contribution in [0.5, 0.6) is 11.5 Å². The lowest BCUT2D eigenvalue weighted by molar-refractivity contribution is -0.141. The van der Waals surface area contributed by atoms with Crippen LogP contribution in [0.1, 0.15) is 48.0 Å². The number of aryl methyl sites for hydroxylation is 4. The number of benzene rings is 2. The van der Waals surface area contributed by atoms with Crippen LogP contribution in [-0.2, 0) is 25.7 Å². The zero-order valence-corrected chi connectivity index (χ0v) is 21.4. The van der Waals surface area contributed by atoms with Crippen molar-refractivity contribution in [2.75, 3.05) is 6.61 Å². The highest BCUT2D eigenvalue weighted by molar-refractivity contribution is 5.86. The predicted octanol–water partition coefficient (Wildman–Crippen LogP) is 7.41. The second-order valence-electron chi connectivity index (χ2n) is 9.19. The highest BCUT2D eigenvalue weighted by Crippen LogP contribution is 2.38. The molecule has 200 valence electrons. The van der Waals surface area contributed by atoms with Gasteiger partial charge >= 0.3 is 6.18 Å². The molecule has 0 atom stereocenters. The fourth-order valence-corrected chi connectivity index (χ4v) is 4.66. The van der Waals surface area contributed by atoms with Crippen molar-refractivity contribution in [2.24, 2.45) is 0 Å². The first kappa shape index (κ1) is 25.7. The molecule has 7 nitrogen and oxygen atoms in total. The molecule has 0 radical (unpaired) electrons. The first-order valence-electron chi connectivity index (χ1n) is 12.5. The van der Waals surface area contributed by atoms with E-state index in [0.29, 0.717) is 43.9 Å². The smallest absolute Gasteiger partial charge is 0.437 e. The van der Waals surface area contributed by atoms with Crippen molar-refractivity contribution in [3.63, 3.8) is 0 Å². The van der Waals surface area contributed by atoms with Crippen molar-refractivity contribution in [1.29, 1.82) is 0 Å². The third-order valence-corrected chi connectivity index (χ3v) is 6.60. The molecule has 0 spiro atoms. The van der Waals surface area contributed by atoms with E-state index in [4.69, 9.17) is 18.5 Å². The molecule has 0 aliphatic rings. The Morgan fingerprint density at radius 1 is 0.921 bits per heavy atom. The topological polar surface area (TPSA) is 75.5 Å². The molecule has 0 amide bonds. The van der Waals surface area contributed by atoms with Crippen molar-refractivity contribution in [1.82, 2.24) is 14.9 Å². The van der Waals surface area contributed by atoms with E-state index >= 15 is 0 Å². The molecule has 0 saturated carbocycles. The van der Waals surface area contributed by atoms with Crippen molar-refractivity contribution < 1.29 is 31.7 Å². The minimum atomic E-state index is -4.57. The highest BCUT2D eigenvalue weighted by atomic mass is 19.4. The molecule has 0 aliphatic carbocycles. The molecule has 3 aromatic heterocycles. The van der Waals surface area contributed by atoms with Gasteiger partial charge < -0.3 is 23.1 Å². The largest absolute Gasteiger partial charge is 0.493 e. The van der Waals surface area contributed by atoms with Crippen LogP contribution in [0.25, 0.3) is 21.9 Å². The number of nitrogens with zero attached hydrogens (tertiary/aromatic N) is 3. The Morgan fingerprint density at radius 2 is 1.76 bits per heavy atom. The third kappa shape index (κ3) is 4.94. The Hall–Kier alpha value is -3.95. The molecule has 0 N–H and O–H groups in total. The molecule has 0 aliphatic heterocycles. The number of hydrogen-bond donors (Lipinski definition) is 0. The number of halogens is 3. The van der Waals surface area contributed by atoms with Crippen LogP contribution in [0.2, 0.25) is 0 Å². The molecule has 5 rings (SSSR count). The summed E-state index contributed by atoms with van der Waals surface area (Å²) in [6.07, 6.45) is -0.613. The van der Waals surface area contributed by atoms with E-state index in [9.17, 15) is 13.2 Å². The second-order valence-corrected chi connectivity index (χ2v) is 9.19. The maximum Gasteiger partial charge on any atom is 0.437 e. The number of fused-ring (bicyclic) bond motifs is 2. The summed E-state index contributed by atoms with van der Waals surface area (Å²) in [4.78, 5) is 0. The van der Waals surface area contributed by atoms with Gasteiger partial charge in [-0.3, -0.25) is 0 Å². The van der Waals surface area contributed by atoms with Crippen molar-refractivity contribution >= 4 is 21.9 Å². The number of rotatable bonds is 10. The fourth-order valence-electron chi connectivity index (χ4n) is 4.66. The van der Waals surface area contributed by atoms with Crippen LogP contribution in [0, 0.1) is 13.8 Å². The van der Waals surface area contributed by atoms with E-state index in [-0.39, 0.29) is 11.0 Å². The first-order valence-corrected chi connectivity index (χ1v) is 12.5. The standard InChI is InChI=1S/C28H28F3N3O4/c1-4-7-20-25(11-10-21-26(20)38-33-27(21)28(29,30)31)35-15-6-13-34-14-12-19-23(34)8-5-9-24(19)36-16-22-17(2)32-37-18(22)3/h5,8-12,14H,4,6-7,13,15-16H2,1-3H3.